The summed E-state index contributed by atoms with van der Waals surface area (Å²) in [6.45, 7) is 10.8. The Morgan fingerprint density at radius 3 is 2.20 bits per heavy atom. The molecule has 158 valence electrons. The number of nitrogens with zero attached hydrogens (tertiary/aromatic N) is 1. The lowest BCUT2D eigenvalue weighted by atomic mass is 9.97. The van der Waals surface area contributed by atoms with Crippen LogP contribution in [0.2, 0.25) is 0 Å². The summed E-state index contributed by atoms with van der Waals surface area (Å²) in [6.07, 6.45) is 0.772. The van der Waals surface area contributed by atoms with Gasteiger partial charge in [-0.3, -0.25) is 9.59 Å². The number of carbonyl (C=O) groups is 1. The Balaban J connectivity index is 2.07. The van der Waals surface area contributed by atoms with Gasteiger partial charge in [-0.25, -0.2) is 4.68 Å². The van der Waals surface area contributed by atoms with Crippen LogP contribution < -0.4 is 16.3 Å². The lowest BCUT2D eigenvalue weighted by Crippen LogP contribution is -2.38. The fourth-order valence-corrected chi connectivity index (χ4v) is 3.60. The number of aromatic nitrogens is 1. The maximum Gasteiger partial charge on any atom is 0.276 e. The van der Waals surface area contributed by atoms with E-state index in [1.807, 2.05) is 55.5 Å². The summed E-state index contributed by atoms with van der Waals surface area (Å²) in [5, 5.41) is 4.37. The van der Waals surface area contributed by atoms with Crippen LogP contribution in [0.25, 0.3) is 10.8 Å². The molecule has 1 heterocycles. The highest BCUT2D eigenvalue weighted by Crippen LogP contribution is 2.22. The first-order chi connectivity index (χ1) is 14.2. The third kappa shape index (κ3) is 4.56. The highest BCUT2D eigenvalue weighted by molar-refractivity contribution is 6.07. The van der Waals surface area contributed by atoms with Crippen molar-refractivity contribution in [3.63, 3.8) is 0 Å². The second kappa shape index (κ2) is 8.74. The fraction of sp³-hybridized carbons (Fsp3) is 0.360. The molecule has 0 saturated heterocycles. The van der Waals surface area contributed by atoms with E-state index in [9.17, 15) is 9.59 Å². The summed E-state index contributed by atoms with van der Waals surface area (Å²) < 4.78 is 1.52. The van der Waals surface area contributed by atoms with Crippen LogP contribution in [0.1, 0.15) is 61.8 Å². The van der Waals surface area contributed by atoms with E-state index in [1.54, 1.807) is 6.07 Å². The van der Waals surface area contributed by atoms with E-state index in [1.165, 1.54) is 4.68 Å². The molecule has 5 nitrogen and oxygen atoms in total. The summed E-state index contributed by atoms with van der Waals surface area (Å²) in [5.74, 6) is -0.175. The third-order valence-electron chi connectivity index (χ3n) is 5.24. The minimum Gasteiger partial charge on any atom is -0.345 e. The first kappa shape index (κ1) is 21.6. The SMILES string of the molecule is CC[C@H](NC(=O)c1c(C)n(NCC(C)(C)C)c(=O)c2ccccc12)c1ccccc1. The predicted molar refractivity (Wildman–Crippen MR) is 124 cm³/mol. The Bertz CT molecular complexity index is 1100. The van der Waals surface area contributed by atoms with Crippen molar-refractivity contribution in [3.8, 4) is 0 Å². The van der Waals surface area contributed by atoms with Crippen molar-refractivity contribution in [1.29, 1.82) is 0 Å². The van der Waals surface area contributed by atoms with E-state index >= 15 is 0 Å². The quantitative estimate of drug-likeness (QED) is 0.620. The van der Waals surface area contributed by atoms with E-state index in [0.717, 1.165) is 12.0 Å². The van der Waals surface area contributed by atoms with E-state index in [-0.39, 0.29) is 22.9 Å². The van der Waals surface area contributed by atoms with Gasteiger partial charge in [0, 0.05) is 17.3 Å². The highest BCUT2D eigenvalue weighted by Gasteiger charge is 2.22. The van der Waals surface area contributed by atoms with Crippen LogP contribution in [-0.2, 0) is 0 Å². The van der Waals surface area contributed by atoms with Crippen molar-refractivity contribution in [2.75, 3.05) is 12.0 Å². The average molecular weight is 406 g/mol. The van der Waals surface area contributed by atoms with Gasteiger partial charge >= 0.3 is 0 Å². The Morgan fingerprint density at radius 2 is 1.60 bits per heavy atom. The molecular weight excluding hydrogens is 374 g/mol. The largest absolute Gasteiger partial charge is 0.345 e. The van der Waals surface area contributed by atoms with Gasteiger partial charge in [-0.1, -0.05) is 76.2 Å². The molecule has 0 spiro atoms. The zero-order chi connectivity index (χ0) is 21.9. The van der Waals surface area contributed by atoms with Crippen LogP contribution in [0.3, 0.4) is 0 Å². The number of pyridine rings is 1. The molecule has 0 saturated carbocycles. The molecule has 0 radical (unpaired) electrons. The third-order valence-corrected chi connectivity index (χ3v) is 5.24. The molecule has 0 unspecified atom stereocenters. The van der Waals surface area contributed by atoms with Crippen LogP contribution >= 0.6 is 0 Å². The standard InChI is InChI=1S/C25H31N3O2/c1-6-21(18-12-8-7-9-13-18)27-23(29)22-17(2)28(26-16-25(3,4)5)24(30)20-15-11-10-14-19(20)22/h7-15,21,26H,6,16H2,1-5H3,(H,27,29)/t21-/m0/s1. The molecule has 0 aliphatic rings. The zero-order valence-electron chi connectivity index (χ0n) is 18.5. The monoisotopic (exact) mass is 405 g/mol. The van der Waals surface area contributed by atoms with E-state index in [4.69, 9.17) is 0 Å². The summed E-state index contributed by atoms with van der Waals surface area (Å²) in [7, 11) is 0. The van der Waals surface area contributed by atoms with E-state index in [2.05, 4.69) is 38.4 Å². The maximum absolute atomic E-state index is 13.4. The van der Waals surface area contributed by atoms with Crippen LogP contribution in [0.15, 0.2) is 59.4 Å². The zero-order valence-corrected chi connectivity index (χ0v) is 18.5. The normalized spacial score (nSPS) is 12.6. The van der Waals surface area contributed by atoms with Gasteiger partial charge < -0.3 is 10.7 Å². The summed E-state index contributed by atoms with van der Waals surface area (Å²) in [4.78, 5) is 26.5. The molecule has 2 N–H and O–H groups in total. The van der Waals surface area contributed by atoms with Crippen LogP contribution in [0, 0.1) is 12.3 Å². The highest BCUT2D eigenvalue weighted by atomic mass is 16.2. The number of hydrogen-bond donors (Lipinski definition) is 2. The van der Waals surface area contributed by atoms with Gasteiger partial charge in [0.15, 0.2) is 0 Å². The number of benzene rings is 2. The second-order valence-electron chi connectivity index (χ2n) is 8.89. The van der Waals surface area contributed by atoms with Crippen molar-refractivity contribution in [1.82, 2.24) is 9.99 Å². The molecule has 1 aromatic heterocycles. The Morgan fingerprint density at radius 1 is 1.00 bits per heavy atom. The average Bonchev–Trinajstić information content (AvgIpc) is 2.72. The second-order valence-corrected chi connectivity index (χ2v) is 8.89. The topological polar surface area (TPSA) is 63.1 Å². The van der Waals surface area contributed by atoms with Crippen molar-refractivity contribution >= 4 is 16.7 Å². The Labute approximate surface area is 178 Å². The van der Waals surface area contributed by atoms with Crippen molar-refractivity contribution < 1.29 is 4.79 Å². The van der Waals surface area contributed by atoms with Gasteiger partial charge in [0.25, 0.3) is 11.5 Å². The van der Waals surface area contributed by atoms with Crippen LogP contribution in [0.5, 0.6) is 0 Å². The van der Waals surface area contributed by atoms with Crippen molar-refractivity contribution in [2.45, 2.75) is 47.1 Å². The molecule has 3 aromatic rings. The molecule has 1 atom stereocenters. The molecule has 30 heavy (non-hydrogen) atoms. The molecular formula is C25H31N3O2. The minimum atomic E-state index is -0.175. The Hall–Kier alpha value is -3.08. The Kier molecular flexibility index (Phi) is 6.30. The number of amides is 1. The van der Waals surface area contributed by atoms with Gasteiger partial charge in [-0.2, -0.15) is 0 Å². The number of nitrogens with one attached hydrogen (secondary N) is 2. The molecule has 0 fully saturated rings. The lowest BCUT2D eigenvalue weighted by Gasteiger charge is -2.24. The number of rotatable bonds is 6. The minimum absolute atomic E-state index is 0.0133. The van der Waals surface area contributed by atoms with Gasteiger partial charge in [0.2, 0.25) is 0 Å². The smallest absolute Gasteiger partial charge is 0.276 e. The first-order valence-electron chi connectivity index (χ1n) is 10.5. The van der Waals surface area contributed by atoms with Gasteiger partial charge in [0.1, 0.15) is 0 Å². The molecule has 1 amide bonds. The molecule has 0 bridgehead atoms. The van der Waals surface area contributed by atoms with Gasteiger partial charge in [-0.05, 0) is 30.4 Å². The molecule has 5 heteroatoms. The predicted octanol–water partition coefficient (Wildman–Crippen LogP) is 4.78. The van der Waals surface area contributed by atoms with E-state index in [0.29, 0.717) is 28.6 Å². The summed E-state index contributed by atoms with van der Waals surface area (Å²) >= 11 is 0. The van der Waals surface area contributed by atoms with Crippen LogP contribution in [0.4, 0.5) is 0 Å². The van der Waals surface area contributed by atoms with Crippen LogP contribution in [-0.4, -0.2) is 17.1 Å². The molecule has 0 aliphatic heterocycles. The number of fused-ring (bicyclic) bond motifs is 1. The van der Waals surface area contributed by atoms with Crippen molar-refractivity contribution in [2.24, 2.45) is 5.41 Å². The molecule has 0 aliphatic carbocycles. The lowest BCUT2D eigenvalue weighted by molar-refractivity contribution is 0.0936. The van der Waals surface area contributed by atoms with Gasteiger partial charge in [0.05, 0.1) is 17.3 Å². The first-order valence-corrected chi connectivity index (χ1v) is 10.5. The van der Waals surface area contributed by atoms with E-state index < -0.39 is 0 Å². The fourth-order valence-electron chi connectivity index (χ4n) is 3.60. The molecule has 3 rings (SSSR count). The van der Waals surface area contributed by atoms with Gasteiger partial charge in [-0.15, -0.1) is 0 Å². The number of hydrogen-bond acceptors (Lipinski definition) is 3. The summed E-state index contributed by atoms with van der Waals surface area (Å²) in [6, 6.07) is 17.2. The summed E-state index contributed by atoms with van der Waals surface area (Å²) in [5.41, 5.74) is 5.29. The molecule has 2 aromatic carbocycles. The maximum atomic E-state index is 13.4. The number of carbonyl (C=O) groups excluding carboxylic acids is 1. The van der Waals surface area contributed by atoms with Crippen molar-refractivity contribution in [3.05, 3.63) is 81.8 Å².